The lowest BCUT2D eigenvalue weighted by atomic mass is 10.0. The third-order valence-corrected chi connectivity index (χ3v) is 4.36. The Morgan fingerprint density at radius 2 is 2.00 bits per heavy atom. The highest BCUT2D eigenvalue weighted by atomic mass is 15.3. The highest BCUT2D eigenvalue weighted by Crippen LogP contribution is 2.26. The fraction of sp³-hybridized carbons (Fsp3) is 0.800. The normalized spacial score (nSPS) is 18.4. The van der Waals surface area contributed by atoms with Crippen molar-refractivity contribution in [1.29, 1.82) is 0 Å². The van der Waals surface area contributed by atoms with Gasteiger partial charge in [0.1, 0.15) is 0 Å². The molecular weight excluding hydrogens is 222 g/mol. The SMILES string of the molecule is CCn1nc(C)c(C(C)NCC2CCCC2)c1C. The molecule has 0 bridgehead atoms. The third kappa shape index (κ3) is 2.77. The average Bonchev–Trinajstić information content (AvgIpc) is 2.94. The molecule has 1 unspecified atom stereocenters. The Bertz CT molecular complexity index is 389. The van der Waals surface area contributed by atoms with Gasteiger partial charge < -0.3 is 5.32 Å². The molecule has 3 heteroatoms. The Morgan fingerprint density at radius 3 is 2.56 bits per heavy atom. The van der Waals surface area contributed by atoms with Crippen LogP contribution >= 0.6 is 0 Å². The Kier molecular flexibility index (Phi) is 4.44. The Morgan fingerprint density at radius 1 is 1.33 bits per heavy atom. The van der Waals surface area contributed by atoms with Crippen LogP contribution in [0.4, 0.5) is 0 Å². The second kappa shape index (κ2) is 5.87. The first kappa shape index (κ1) is 13.6. The molecule has 1 aliphatic carbocycles. The molecule has 102 valence electrons. The number of aromatic nitrogens is 2. The predicted molar refractivity (Wildman–Crippen MR) is 75.8 cm³/mol. The number of hydrogen-bond donors (Lipinski definition) is 1. The smallest absolute Gasteiger partial charge is 0.0644 e. The Labute approximate surface area is 111 Å². The summed E-state index contributed by atoms with van der Waals surface area (Å²) in [5.74, 6) is 0.897. The summed E-state index contributed by atoms with van der Waals surface area (Å²) in [5, 5.41) is 8.31. The Hall–Kier alpha value is -0.830. The lowest BCUT2D eigenvalue weighted by molar-refractivity contribution is 0.451. The van der Waals surface area contributed by atoms with Crippen molar-refractivity contribution >= 4 is 0 Å². The van der Waals surface area contributed by atoms with Crippen LogP contribution in [0.2, 0.25) is 0 Å². The van der Waals surface area contributed by atoms with E-state index < -0.39 is 0 Å². The number of rotatable bonds is 5. The van der Waals surface area contributed by atoms with E-state index in [4.69, 9.17) is 0 Å². The van der Waals surface area contributed by atoms with E-state index in [9.17, 15) is 0 Å². The van der Waals surface area contributed by atoms with E-state index in [1.165, 1.54) is 42.6 Å². The maximum absolute atomic E-state index is 4.61. The largest absolute Gasteiger partial charge is 0.310 e. The molecule has 0 aliphatic heterocycles. The summed E-state index contributed by atoms with van der Waals surface area (Å²) < 4.78 is 2.11. The van der Waals surface area contributed by atoms with Gasteiger partial charge in [0.25, 0.3) is 0 Å². The third-order valence-electron chi connectivity index (χ3n) is 4.36. The fourth-order valence-electron chi connectivity index (χ4n) is 3.31. The molecule has 1 aromatic rings. The van der Waals surface area contributed by atoms with Crippen molar-refractivity contribution in [1.82, 2.24) is 15.1 Å². The minimum Gasteiger partial charge on any atom is -0.310 e. The van der Waals surface area contributed by atoms with Crippen molar-refractivity contribution in [3.05, 3.63) is 17.0 Å². The monoisotopic (exact) mass is 249 g/mol. The first-order chi connectivity index (χ1) is 8.63. The molecule has 2 rings (SSSR count). The summed E-state index contributed by atoms with van der Waals surface area (Å²) in [7, 11) is 0. The van der Waals surface area contributed by atoms with Gasteiger partial charge in [-0.3, -0.25) is 4.68 Å². The van der Waals surface area contributed by atoms with Crippen molar-refractivity contribution in [3.63, 3.8) is 0 Å². The molecule has 1 atom stereocenters. The number of nitrogens with zero attached hydrogens (tertiary/aromatic N) is 2. The van der Waals surface area contributed by atoms with Crippen LogP contribution in [-0.4, -0.2) is 16.3 Å². The molecular formula is C15H27N3. The first-order valence-electron chi connectivity index (χ1n) is 7.40. The topological polar surface area (TPSA) is 29.9 Å². The quantitative estimate of drug-likeness (QED) is 0.867. The predicted octanol–water partition coefficient (Wildman–Crippen LogP) is 3.36. The van der Waals surface area contributed by atoms with Crippen LogP contribution in [0.1, 0.15) is 62.5 Å². The zero-order chi connectivity index (χ0) is 13.1. The summed E-state index contributed by atoms with van der Waals surface area (Å²) in [6.07, 6.45) is 5.66. The average molecular weight is 249 g/mol. The molecule has 0 amide bonds. The second-order valence-electron chi connectivity index (χ2n) is 5.68. The van der Waals surface area contributed by atoms with Gasteiger partial charge in [0.2, 0.25) is 0 Å². The summed E-state index contributed by atoms with van der Waals surface area (Å²) in [4.78, 5) is 0. The van der Waals surface area contributed by atoms with Crippen LogP contribution in [0.3, 0.4) is 0 Å². The molecule has 1 aromatic heterocycles. The van der Waals surface area contributed by atoms with Crippen LogP contribution in [-0.2, 0) is 6.54 Å². The van der Waals surface area contributed by atoms with Crippen molar-refractivity contribution in [2.75, 3.05) is 6.54 Å². The number of nitrogens with one attached hydrogen (secondary N) is 1. The summed E-state index contributed by atoms with van der Waals surface area (Å²) in [5.41, 5.74) is 3.90. The zero-order valence-electron chi connectivity index (χ0n) is 12.3. The summed E-state index contributed by atoms with van der Waals surface area (Å²) in [6.45, 7) is 10.9. The lowest BCUT2D eigenvalue weighted by Crippen LogP contribution is -2.25. The second-order valence-corrected chi connectivity index (χ2v) is 5.68. The lowest BCUT2D eigenvalue weighted by Gasteiger charge is -2.18. The van der Waals surface area contributed by atoms with Crippen LogP contribution in [0.25, 0.3) is 0 Å². The zero-order valence-corrected chi connectivity index (χ0v) is 12.3. The van der Waals surface area contributed by atoms with Gasteiger partial charge in [-0.2, -0.15) is 5.10 Å². The molecule has 0 saturated heterocycles. The van der Waals surface area contributed by atoms with Gasteiger partial charge in [-0.05, 0) is 53.0 Å². The molecule has 0 spiro atoms. The molecule has 1 aliphatic rings. The Balaban J connectivity index is 1.99. The standard InChI is InChI=1S/C15H27N3/c1-5-18-13(4)15(12(3)17-18)11(2)16-10-14-8-6-7-9-14/h11,14,16H,5-10H2,1-4H3. The first-order valence-corrected chi connectivity index (χ1v) is 7.40. The van der Waals surface area contributed by atoms with Crippen molar-refractivity contribution in [2.24, 2.45) is 5.92 Å². The van der Waals surface area contributed by atoms with Gasteiger partial charge in [0, 0.05) is 23.8 Å². The van der Waals surface area contributed by atoms with E-state index in [1.54, 1.807) is 0 Å². The van der Waals surface area contributed by atoms with E-state index >= 15 is 0 Å². The molecule has 1 fully saturated rings. The summed E-state index contributed by atoms with van der Waals surface area (Å²) in [6, 6.07) is 0.422. The van der Waals surface area contributed by atoms with Gasteiger partial charge in [0.05, 0.1) is 5.69 Å². The highest BCUT2D eigenvalue weighted by molar-refractivity contribution is 5.27. The van der Waals surface area contributed by atoms with E-state index in [2.05, 4.69) is 42.8 Å². The molecule has 18 heavy (non-hydrogen) atoms. The molecule has 0 radical (unpaired) electrons. The maximum atomic E-state index is 4.61. The van der Waals surface area contributed by atoms with E-state index in [0.717, 1.165) is 19.0 Å². The van der Waals surface area contributed by atoms with Gasteiger partial charge >= 0.3 is 0 Å². The van der Waals surface area contributed by atoms with Crippen molar-refractivity contribution in [3.8, 4) is 0 Å². The van der Waals surface area contributed by atoms with Gasteiger partial charge in [-0.1, -0.05) is 12.8 Å². The molecule has 1 saturated carbocycles. The maximum Gasteiger partial charge on any atom is 0.0644 e. The number of hydrogen-bond acceptors (Lipinski definition) is 2. The molecule has 1 N–H and O–H groups in total. The van der Waals surface area contributed by atoms with E-state index in [0.29, 0.717) is 6.04 Å². The summed E-state index contributed by atoms with van der Waals surface area (Å²) >= 11 is 0. The van der Waals surface area contributed by atoms with Crippen molar-refractivity contribution < 1.29 is 0 Å². The molecule has 1 heterocycles. The van der Waals surface area contributed by atoms with E-state index in [-0.39, 0.29) is 0 Å². The van der Waals surface area contributed by atoms with Gasteiger partial charge in [0.15, 0.2) is 0 Å². The van der Waals surface area contributed by atoms with Crippen LogP contribution in [0.5, 0.6) is 0 Å². The molecule has 0 aromatic carbocycles. The van der Waals surface area contributed by atoms with Crippen LogP contribution < -0.4 is 5.32 Å². The van der Waals surface area contributed by atoms with E-state index in [1.807, 2.05) is 0 Å². The number of aryl methyl sites for hydroxylation is 2. The van der Waals surface area contributed by atoms with Gasteiger partial charge in [-0.25, -0.2) is 0 Å². The molecule has 3 nitrogen and oxygen atoms in total. The minimum atomic E-state index is 0.422. The highest BCUT2D eigenvalue weighted by Gasteiger charge is 2.19. The van der Waals surface area contributed by atoms with Crippen LogP contribution in [0.15, 0.2) is 0 Å². The van der Waals surface area contributed by atoms with Crippen molar-refractivity contribution in [2.45, 2.75) is 66.0 Å². The fourth-order valence-corrected chi connectivity index (χ4v) is 3.31. The van der Waals surface area contributed by atoms with Crippen LogP contribution in [0, 0.1) is 19.8 Å². The minimum absolute atomic E-state index is 0.422. The van der Waals surface area contributed by atoms with Gasteiger partial charge in [-0.15, -0.1) is 0 Å².